The Morgan fingerprint density at radius 1 is 1.14 bits per heavy atom. The normalized spacial score (nSPS) is 13.9. The van der Waals surface area contributed by atoms with Gasteiger partial charge in [-0.3, -0.25) is 0 Å². The first-order valence-corrected chi connectivity index (χ1v) is 9.72. The van der Waals surface area contributed by atoms with Gasteiger partial charge >= 0.3 is 0 Å². The van der Waals surface area contributed by atoms with E-state index in [2.05, 4.69) is 15.3 Å². The summed E-state index contributed by atoms with van der Waals surface area (Å²) in [4.78, 5) is 8.71. The minimum atomic E-state index is 0.295. The van der Waals surface area contributed by atoms with Crippen molar-refractivity contribution in [3.05, 3.63) is 42.1 Å². The Labute approximate surface area is 165 Å². The van der Waals surface area contributed by atoms with Gasteiger partial charge in [-0.05, 0) is 50.3 Å². The van der Waals surface area contributed by atoms with E-state index in [1.165, 1.54) is 12.8 Å². The van der Waals surface area contributed by atoms with E-state index in [1.54, 1.807) is 6.20 Å². The van der Waals surface area contributed by atoms with Crippen LogP contribution in [-0.4, -0.2) is 30.8 Å². The maximum absolute atomic E-state index is 6.06. The molecule has 1 aromatic heterocycles. The van der Waals surface area contributed by atoms with Crippen molar-refractivity contribution in [2.75, 3.05) is 25.1 Å². The Balaban J connectivity index is 1.59. The Bertz CT molecular complexity index is 789. The van der Waals surface area contributed by atoms with Crippen LogP contribution in [0.4, 0.5) is 5.69 Å². The van der Waals surface area contributed by atoms with E-state index in [9.17, 15) is 0 Å². The van der Waals surface area contributed by atoms with Gasteiger partial charge in [-0.25, -0.2) is 9.98 Å². The maximum atomic E-state index is 6.06. The van der Waals surface area contributed by atoms with Gasteiger partial charge in [-0.2, -0.15) is 0 Å². The average Bonchev–Trinajstić information content (AvgIpc) is 3.52. The van der Waals surface area contributed by atoms with Gasteiger partial charge in [0.2, 0.25) is 5.88 Å². The largest absolute Gasteiger partial charge is 0.494 e. The average molecular weight is 384 g/mol. The highest BCUT2D eigenvalue weighted by Gasteiger charge is 2.22. The number of hydrogen-bond donors (Lipinski definition) is 2. The number of hydrogen-bond acceptors (Lipinski definition) is 5. The molecule has 7 nitrogen and oxygen atoms in total. The second-order valence-electron chi connectivity index (χ2n) is 6.61. The van der Waals surface area contributed by atoms with Crippen molar-refractivity contribution < 1.29 is 14.2 Å². The summed E-state index contributed by atoms with van der Waals surface area (Å²) in [6, 6.07) is 9.40. The number of rotatable bonds is 10. The summed E-state index contributed by atoms with van der Waals surface area (Å²) >= 11 is 0. The Morgan fingerprint density at radius 2 is 1.96 bits per heavy atom. The summed E-state index contributed by atoms with van der Waals surface area (Å²) in [6.45, 7) is 6.19. The highest BCUT2D eigenvalue weighted by molar-refractivity contribution is 5.94. The van der Waals surface area contributed by atoms with E-state index >= 15 is 0 Å². The third-order valence-corrected chi connectivity index (χ3v) is 4.22. The lowest BCUT2D eigenvalue weighted by atomic mass is 10.2. The molecule has 150 valence electrons. The number of guanidine groups is 1. The molecule has 7 heteroatoms. The van der Waals surface area contributed by atoms with E-state index in [-0.39, 0.29) is 0 Å². The van der Waals surface area contributed by atoms with Crippen LogP contribution in [0.1, 0.15) is 32.3 Å². The first-order valence-electron chi connectivity index (χ1n) is 9.72. The number of aliphatic imine (C=N–C) groups is 1. The Kier molecular flexibility index (Phi) is 6.94. The summed E-state index contributed by atoms with van der Waals surface area (Å²) in [7, 11) is 0. The Hall–Kier alpha value is -2.96. The van der Waals surface area contributed by atoms with Crippen LogP contribution in [0.15, 0.2) is 41.5 Å². The van der Waals surface area contributed by atoms with Crippen molar-refractivity contribution in [2.45, 2.75) is 33.2 Å². The van der Waals surface area contributed by atoms with E-state index < -0.39 is 0 Å². The number of nitrogens with zero attached hydrogens (tertiary/aromatic N) is 2. The number of anilines is 1. The fraction of sp³-hybridized carbons (Fsp3) is 0.429. The van der Waals surface area contributed by atoms with Gasteiger partial charge in [0.15, 0.2) is 5.96 Å². The standard InChI is InChI=1S/C21H28N4O3/c1-3-26-17-8-9-19(27-4-2)18(11-17)25-21(22)24-13-16-7-10-20(23-12-16)28-14-15-5-6-15/h7-12,15H,3-6,13-14H2,1-2H3,(H3,22,24,25). The van der Waals surface area contributed by atoms with E-state index in [0.29, 0.717) is 43.3 Å². The molecule has 0 atom stereocenters. The number of nitrogens with one attached hydrogen (secondary N) is 1. The molecule has 0 aliphatic heterocycles. The molecule has 0 spiro atoms. The number of ether oxygens (including phenoxy) is 3. The summed E-state index contributed by atoms with van der Waals surface area (Å²) in [5.74, 6) is 3.10. The van der Waals surface area contributed by atoms with Gasteiger partial charge in [-0.1, -0.05) is 6.07 Å². The van der Waals surface area contributed by atoms with Crippen LogP contribution in [0.5, 0.6) is 17.4 Å². The zero-order chi connectivity index (χ0) is 19.8. The van der Waals surface area contributed by atoms with Gasteiger partial charge < -0.3 is 25.3 Å². The molecule has 1 fully saturated rings. The summed E-state index contributed by atoms with van der Waals surface area (Å²) in [5, 5.41) is 3.09. The molecule has 3 rings (SSSR count). The molecule has 1 aromatic carbocycles. The van der Waals surface area contributed by atoms with E-state index in [4.69, 9.17) is 19.9 Å². The third kappa shape index (κ3) is 6.04. The van der Waals surface area contributed by atoms with Gasteiger partial charge in [0, 0.05) is 18.3 Å². The second-order valence-corrected chi connectivity index (χ2v) is 6.61. The van der Waals surface area contributed by atoms with Crippen LogP contribution in [0.3, 0.4) is 0 Å². The molecule has 1 aliphatic rings. The number of pyridine rings is 1. The van der Waals surface area contributed by atoms with E-state index in [1.807, 2.05) is 44.2 Å². The lowest BCUT2D eigenvalue weighted by Gasteiger charge is -2.14. The van der Waals surface area contributed by atoms with Gasteiger partial charge in [-0.15, -0.1) is 0 Å². The quantitative estimate of drug-likeness (QED) is 0.480. The highest BCUT2D eigenvalue weighted by atomic mass is 16.5. The van der Waals surface area contributed by atoms with E-state index in [0.717, 1.165) is 23.6 Å². The highest BCUT2D eigenvalue weighted by Crippen LogP contribution is 2.30. The maximum Gasteiger partial charge on any atom is 0.213 e. The predicted octanol–water partition coefficient (Wildman–Crippen LogP) is 3.59. The van der Waals surface area contributed by atoms with Crippen LogP contribution in [0, 0.1) is 5.92 Å². The molecule has 28 heavy (non-hydrogen) atoms. The molecule has 0 amide bonds. The molecule has 0 unspecified atom stereocenters. The van der Waals surface area contributed by atoms with Crippen LogP contribution < -0.4 is 25.3 Å². The zero-order valence-electron chi connectivity index (χ0n) is 16.5. The molecule has 0 radical (unpaired) electrons. The monoisotopic (exact) mass is 384 g/mol. The van der Waals surface area contributed by atoms with Crippen molar-refractivity contribution in [3.8, 4) is 17.4 Å². The van der Waals surface area contributed by atoms with Gasteiger partial charge in [0.1, 0.15) is 11.5 Å². The number of aromatic nitrogens is 1. The van der Waals surface area contributed by atoms with Crippen LogP contribution in [-0.2, 0) is 6.54 Å². The molecule has 1 heterocycles. The van der Waals surface area contributed by atoms with Crippen molar-refractivity contribution in [1.29, 1.82) is 0 Å². The lowest BCUT2D eigenvalue weighted by molar-refractivity contribution is 0.288. The summed E-state index contributed by atoms with van der Waals surface area (Å²) in [5.41, 5.74) is 7.73. The van der Waals surface area contributed by atoms with Gasteiger partial charge in [0.05, 0.1) is 32.1 Å². The number of benzene rings is 1. The molecular formula is C21H28N4O3. The second kappa shape index (κ2) is 9.82. The fourth-order valence-corrected chi connectivity index (χ4v) is 2.58. The molecular weight excluding hydrogens is 356 g/mol. The van der Waals surface area contributed by atoms with Crippen molar-refractivity contribution in [1.82, 2.24) is 4.98 Å². The fourth-order valence-electron chi connectivity index (χ4n) is 2.58. The first kappa shape index (κ1) is 19.8. The molecule has 0 saturated heterocycles. The SMILES string of the molecule is CCOc1ccc(OCC)c(NC(N)=NCc2ccc(OCC3CC3)nc2)c1. The topological polar surface area (TPSA) is 91.0 Å². The van der Waals surface area contributed by atoms with Crippen LogP contribution in [0.2, 0.25) is 0 Å². The molecule has 1 saturated carbocycles. The minimum Gasteiger partial charge on any atom is -0.494 e. The predicted molar refractivity (Wildman–Crippen MR) is 110 cm³/mol. The molecule has 3 N–H and O–H groups in total. The summed E-state index contributed by atoms with van der Waals surface area (Å²) in [6.07, 6.45) is 4.29. The van der Waals surface area contributed by atoms with Gasteiger partial charge in [0.25, 0.3) is 0 Å². The first-order chi connectivity index (χ1) is 13.7. The smallest absolute Gasteiger partial charge is 0.213 e. The van der Waals surface area contributed by atoms with Crippen molar-refractivity contribution in [3.63, 3.8) is 0 Å². The minimum absolute atomic E-state index is 0.295. The lowest BCUT2D eigenvalue weighted by Crippen LogP contribution is -2.23. The molecule has 1 aliphatic carbocycles. The third-order valence-electron chi connectivity index (χ3n) is 4.22. The molecule has 2 aromatic rings. The van der Waals surface area contributed by atoms with Crippen LogP contribution >= 0.6 is 0 Å². The zero-order valence-corrected chi connectivity index (χ0v) is 16.5. The Morgan fingerprint density at radius 3 is 2.64 bits per heavy atom. The number of nitrogens with two attached hydrogens (primary N) is 1. The van der Waals surface area contributed by atoms with Crippen molar-refractivity contribution in [2.24, 2.45) is 16.6 Å². The molecule has 0 bridgehead atoms. The van der Waals surface area contributed by atoms with Crippen molar-refractivity contribution >= 4 is 11.6 Å². The summed E-state index contributed by atoms with van der Waals surface area (Å²) < 4.78 is 16.8. The van der Waals surface area contributed by atoms with Crippen LogP contribution in [0.25, 0.3) is 0 Å².